The van der Waals surface area contributed by atoms with Crippen LogP contribution in [0.15, 0.2) is 24.4 Å². The molecular weight excluding hydrogens is 311 g/mol. The molecule has 2 aromatic rings. The SMILES string of the molecule is CCOc1ccc(-c2cn([C@@H](C)CNC(=O)C3CC3)nn2)cc1F. The third kappa shape index (κ3) is 3.72. The van der Waals surface area contributed by atoms with Crippen LogP contribution in [0.2, 0.25) is 0 Å². The fraction of sp³-hybridized carbons (Fsp3) is 0.471. The van der Waals surface area contributed by atoms with Gasteiger partial charge < -0.3 is 10.1 Å². The first-order valence-electron chi connectivity index (χ1n) is 8.20. The van der Waals surface area contributed by atoms with Gasteiger partial charge in [0, 0.05) is 18.0 Å². The van der Waals surface area contributed by atoms with Crippen molar-refractivity contribution in [2.24, 2.45) is 5.92 Å². The van der Waals surface area contributed by atoms with E-state index in [9.17, 15) is 9.18 Å². The molecule has 1 saturated carbocycles. The Morgan fingerprint density at radius 2 is 2.29 bits per heavy atom. The molecule has 1 heterocycles. The lowest BCUT2D eigenvalue weighted by Gasteiger charge is -2.12. The van der Waals surface area contributed by atoms with E-state index < -0.39 is 5.82 Å². The summed E-state index contributed by atoms with van der Waals surface area (Å²) in [6.07, 6.45) is 3.72. The number of ether oxygens (including phenoxy) is 1. The third-order valence-electron chi connectivity index (χ3n) is 4.01. The van der Waals surface area contributed by atoms with Crippen LogP contribution in [-0.4, -0.2) is 34.1 Å². The molecular formula is C17H21FN4O2. The Balaban J connectivity index is 1.65. The van der Waals surface area contributed by atoms with E-state index >= 15 is 0 Å². The molecule has 1 atom stereocenters. The maximum Gasteiger partial charge on any atom is 0.223 e. The molecule has 0 radical (unpaired) electrons. The molecule has 7 heteroatoms. The van der Waals surface area contributed by atoms with E-state index in [-0.39, 0.29) is 23.6 Å². The number of hydrogen-bond donors (Lipinski definition) is 1. The standard InChI is InChI=1S/C17H21FN4O2/c1-3-24-16-7-6-13(8-14(16)18)15-10-22(21-20-15)11(2)9-19-17(23)12-4-5-12/h6-8,10-12H,3-5,9H2,1-2H3,(H,19,23)/t11-/m0/s1. The maximum atomic E-state index is 14.0. The third-order valence-corrected chi connectivity index (χ3v) is 4.01. The van der Waals surface area contributed by atoms with Gasteiger partial charge in [0.15, 0.2) is 11.6 Å². The predicted octanol–water partition coefficient (Wildman–Crippen LogP) is 2.57. The zero-order valence-corrected chi connectivity index (χ0v) is 13.8. The van der Waals surface area contributed by atoms with Crippen LogP contribution >= 0.6 is 0 Å². The average Bonchev–Trinajstić information content (AvgIpc) is 3.31. The van der Waals surface area contributed by atoms with Crippen molar-refractivity contribution >= 4 is 5.91 Å². The summed E-state index contributed by atoms with van der Waals surface area (Å²) in [7, 11) is 0. The minimum atomic E-state index is -0.423. The van der Waals surface area contributed by atoms with E-state index in [2.05, 4.69) is 15.6 Å². The van der Waals surface area contributed by atoms with Crippen LogP contribution in [0, 0.1) is 11.7 Å². The van der Waals surface area contributed by atoms with Crippen molar-refractivity contribution in [3.8, 4) is 17.0 Å². The van der Waals surface area contributed by atoms with Crippen molar-refractivity contribution in [2.45, 2.75) is 32.7 Å². The molecule has 0 bridgehead atoms. The van der Waals surface area contributed by atoms with E-state index in [1.165, 1.54) is 6.07 Å². The van der Waals surface area contributed by atoms with Crippen molar-refractivity contribution in [1.82, 2.24) is 20.3 Å². The van der Waals surface area contributed by atoms with Gasteiger partial charge in [-0.15, -0.1) is 5.10 Å². The topological polar surface area (TPSA) is 69.0 Å². The summed E-state index contributed by atoms with van der Waals surface area (Å²) >= 11 is 0. The van der Waals surface area contributed by atoms with Crippen molar-refractivity contribution in [1.29, 1.82) is 0 Å². The van der Waals surface area contributed by atoms with Crippen LogP contribution in [0.25, 0.3) is 11.3 Å². The second-order valence-electron chi connectivity index (χ2n) is 6.03. The van der Waals surface area contributed by atoms with Gasteiger partial charge in [-0.05, 0) is 44.9 Å². The summed E-state index contributed by atoms with van der Waals surface area (Å²) < 4.78 is 20.8. The molecule has 128 valence electrons. The van der Waals surface area contributed by atoms with Crippen molar-refractivity contribution < 1.29 is 13.9 Å². The van der Waals surface area contributed by atoms with Crippen LogP contribution in [0.1, 0.15) is 32.7 Å². The summed E-state index contributed by atoms with van der Waals surface area (Å²) in [5.41, 5.74) is 1.22. The number of amides is 1. The number of carbonyl (C=O) groups is 1. The van der Waals surface area contributed by atoms with E-state index in [1.807, 2.05) is 13.8 Å². The molecule has 6 nitrogen and oxygen atoms in total. The summed E-state index contributed by atoms with van der Waals surface area (Å²) in [4.78, 5) is 11.7. The summed E-state index contributed by atoms with van der Waals surface area (Å²) in [6, 6.07) is 4.70. The van der Waals surface area contributed by atoms with Gasteiger partial charge in [-0.3, -0.25) is 4.79 Å². The highest BCUT2D eigenvalue weighted by atomic mass is 19.1. The lowest BCUT2D eigenvalue weighted by molar-refractivity contribution is -0.122. The minimum absolute atomic E-state index is 0.0264. The monoisotopic (exact) mass is 332 g/mol. The number of aromatic nitrogens is 3. The zero-order chi connectivity index (χ0) is 17.1. The molecule has 0 spiro atoms. The van der Waals surface area contributed by atoms with E-state index in [4.69, 9.17) is 4.74 Å². The predicted molar refractivity (Wildman–Crippen MR) is 87.0 cm³/mol. The van der Waals surface area contributed by atoms with Crippen molar-refractivity contribution in [2.75, 3.05) is 13.2 Å². The molecule has 1 aliphatic rings. The lowest BCUT2D eigenvalue weighted by Crippen LogP contribution is -2.30. The average molecular weight is 332 g/mol. The lowest BCUT2D eigenvalue weighted by atomic mass is 10.1. The Bertz CT molecular complexity index is 727. The molecule has 1 aromatic heterocycles. The summed E-state index contributed by atoms with van der Waals surface area (Å²) in [5.74, 6) is 0.101. The highest BCUT2D eigenvalue weighted by molar-refractivity contribution is 5.80. The fourth-order valence-corrected chi connectivity index (χ4v) is 2.39. The van der Waals surface area contributed by atoms with Gasteiger partial charge in [0.05, 0.1) is 18.8 Å². The first-order valence-corrected chi connectivity index (χ1v) is 8.20. The molecule has 1 fully saturated rings. The molecule has 0 unspecified atom stereocenters. The number of nitrogens with zero attached hydrogens (tertiary/aromatic N) is 3. The highest BCUT2D eigenvalue weighted by Crippen LogP contribution is 2.29. The molecule has 1 amide bonds. The van der Waals surface area contributed by atoms with Crippen LogP contribution in [0.4, 0.5) is 4.39 Å². The first kappa shape index (κ1) is 16.4. The largest absolute Gasteiger partial charge is 0.491 e. The van der Waals surface area contributed by atoms with E-state index in [0.29, 0.717) is 24.4 Å². The van der Waals surface area contributed by atoms with Crippen LogP contribution in [-0.2, 0) is 4.79 Å². The van der Waals surface area contributed by atoms with Crippen LogP contribution < -0.4 is 10.1 Å². The number of rotatable bonds is 7. The summed E-state index contributed by atoms with van der Waals surface area (Å²) in [6.45, 7) is 4.67. The van der Waals surface area contributed by atoms with Gasteiger partial charge in [-0.1, -0.05) is 5.21 Å². The second-order valence-corrected chi connectivity index (χ2v) is 6.03. The van der Waals surface area contributed by atoms with Crippen molar-refractivity contribution in [3.63, 3.8) is 0 Å². The smallest absolute Gasteiger partial charge is 0.223 e. The minimum Gasteiger partial charge on any atom is -0.491 e. The molecule has 1 aliphatic carbocycles. The van der Waals surface area contributed by atoms with Gasteiger partial charge >= 0.3 is 0 Å². The Morgan fingerprint density at radius 3 is 2.96 bits per heavy atom. The molecule has 0 aliphatic heterocycles. The Kier molecular flexibility index (Phi) is 4.78. The van der Waals surface area contributed by atoms with Gasteiger partial charge in [0.25, 0.3) is 0 Å². The number of nitrogens with one attached hydrogen (secondary N) is 1. The Morgan fingerprint density at radius 1 is 1.50 bits per heavy atom. The molecule has 3 rings (SSSR count). The summed E-state index contributed by atoms with van der Waals surface area (Å²) in [5, 5.41) is 11.1. The van der Waals surface area contributed by atoms with Gasteiger partial charge in [-0.2, -0.15) is 0 Å². The Hall–Kier alpha value is -2.44. The van der Waals surface area contributed by atoms with Gasteiger partial charge in [-0.25, -0.2) is 9.07 Å². The van der Waals surface area contributed by atoms with E-state index in [0.717, 1.165) is 12.8 Å². The van der Waals surface area contributed by atoms with Crippen molar-refractivity contribution in [3.05, 3.63) is 30.2 Å². The van der Waals surface area contributed by atoms with Gasteiger partial charge in [0.1, 0.15) is 5.69 Å². The molecule has 1 N–H and O–H groups in total. The molecule has 0 saturated heterocycles. The number of hydrogen-bond acceptors (Lipinski definition) is 4. The number of benzene rings is 1. The first-order chi connectivity index (χ1) is 11.6. The zero-order valence-electron chi connectivity index (χ0n) is 13.8. The number of carbonyl (C=O) groups excluding carboxylic acids is 1. The Labute approximate surface area is 140 Å². The quantitative estimate of drug-likeness (QED) is 0.846. The maximum absolute atomic E-state index is 14.0. The molecule has 24 heavy (non-hydrogen) atoms. The highest BCUT2D eigenvalue weighted by Gasteiger charge is 2.29. The van der Waals surface area contributed by atoms with E-state index in [1.54, 1.807) is 23.0 Å². The number of halogens is 1. The van der Waals surface area contributed by atoms with Crippen LogP contribution in [0.5, 0.6) is 5.75 Å². The van der Waals surface area contributed by atoms with Gasteiger partial charge in [0.2, 0.25) is 5.91 Å². The second kappa shape index (κ2) is 6.98. The fourth-order valence-electron chi connectivity index (χ4n) is 2.39. The molecule has 1 aromatic carbocycles. The normalized spacial score (nSPS) is 15.1. The van der Waals surface area contributed by atoms with Crippen LogP contribution in [0.3, 0.4) is 0 Å².